The van der Waals surface area contributed by atoms with Crippen LogP contribution in [0.3, 0.4) is 0 Å². The van der Waals surface area contributed by atoms with E-state index in [4.69, 9.17) is 15.6 Å². The van der Waals surface area contributed by atoms with Crippen LogP contribution in [0.2, 0.25) is 0 Å². The molecule has 8 heteroatoms. The topological polar surface area (TPSA) is 77.6 Å². The summed E-state index contributed by atoms with van der Waals surface area (Å²) in [7, 11) is 1.25. The average molecular weight is 252 g/mol. The molecule has 3 N–H and O–H groups in total. The summed E-state index contributed by atoms with van der Waals surface area (Å²) in [6, 6.07) is 0. The predicted molar refractivity (Wildman–Crippen MR) is 51.3 cm³/mol. The first-order chi connectivity index (χ1) is 7.92. The smallest absolute Gasteiger partial charge is 0.496 e. The minimum absolute atomic E-state index is 0.0233. The molecule has 17 heavy (non-hydrogen) atoms. The van der Waals surface area contributed by atoms with Crippen LogP contribution in [-0.4, -0.2) is 23.6 Å². The first-order valence-corrected chi connectivity index (χ1v) is 4.54. The Kier molecular flexibility index (Phi) is 4.13. The largest absolute Gasteiger partial charge is 0.574 e. The molecule has 0 saturated carbocycles. The van der Waals surface area contributed by atoms with Gasteiger partial charge in [-0.05, 0) is 0 Å². The lowest BCUT2D eigenvalue weighted by molar-refractivity contribution is -0.276. The molecule has 0 spiro atoms. The fraction of sp³-hybridized carbons (Fsp3) is 0.444. The van der Waals surface area contributed by atoms with Gasteiger partial charge in [-0.2, -0.15) is 0 Å². The second kappa shape index (κ2) is 5.19. The summed E-state index contributed by atoms with van der Waals surface area (Å²) in [5, 5.41) is 9.04. The van der Waals surface area contributed by atoms with Gasteiger partial charge in [0.25, 0.3) is 0 Å². The third-order valence-corrected chi connectivity index (χ3v) is 1.96. The Morgan fingerprint density at radius 2 is 2.12 bits per heavy atom. The highest BCUT2D eigenvalue weighted by atomic mass is 19.4. The predicted octanol–water partition coefficient (Wildman–Crippen LogP) is 0.940. The Morgan fingerprint density at radius 1 is 1.47 bits per heavy atom. The summed E-state index contributed by atoms with van der Waals surface area (Å²) in [6.45, 7) is -0.676. The summed E-state index contributed by atoms with van der Waals surface area (Å²) in [6.07, 6.45) is -3.77. The minimum atomic E-state index is -4.88. The highest BCUT2D eigenvalue weighted by molar-refractivity contribution is 5.45. The molecule has 0 amide bonds. The molecule has 1 heterocycles. The number of aliphatic hydroxyl groups excluding tert-OH is 1. The van der Waals surface area contributed by atoms with Crippen molar-refractivity contribution in [3.05, 3.63) is 17.3 Å². The molecule has 1 aromatic rings. The molecule has 0 aromatic carbocycles. The van der Waals surface area contributed by atoms with Crippen molar-refractivity contribution < 1.29 is 27.8 Å². The van der Waals surface area contributed by atoms with Crippen LogP contribution in [0.5, 0.6) is 11.6 Å². The van der Waals surface area contributed by atoms with Crippen molar-refractivity contribution in [3.8, 4) is 11.6 Å². The van der Waals surface area contributed by atoms with Crippen molar-refractivity contribution in [3.63, 3.8) is 0 Å². The van der Waals surface area contributed by atoms with Crippen LogP contribution in [0, 0.1) is 0 Å². The van der Waals surface area contributed by atoms with Crippen molar-refractivity contribution in [2.45, 2.75) is 19.5 Å². The molecule has 0 radical (unpaired) electrons. The van der Waals surface area contributed by atoms with Gasteiger partial charge >= 0.3 is 6.36 Å². The Balaban J connectivity index is 3.23. The van der Waals surface area contributed by atoms with Gasteiger partial charge in [0.15, 0.2) is 0 Å². The van der Waals surface area contributed by atoms with Gasteiger partial charge in [-0.25, -0.2) is 4.98 Å². The molecule has 0 atom stereocenters. The molecule has 5 nitrogen and oxygen atoms in total. The number of ether oxygens (including phenoxy) is 2. The van der Waals surface area contributed by atoms with E-state index in [1.807, 2.05) is 0 Å². The van der Waals surface area contributed by atoms with Crippen molar-refractivity contribution in [2.24, 2.45) is 5.73 Å². The van der Waals surface area contributed by atoms with Crippen LogP contribution in [0.1, 0.15) is 11.1 Å². The molecular formula is C9H11F3N2O3. The SMILES string of the molecule is COc1c(CN)cnc(OC(F)(F)F)c1CO. The fourth-order valence-corrected chi connectivity index (χ4v) is 1.30. The number of alkyl halides is 3. The van der Waals surface area contributed by atoms with Crippen molar-refractivity contribution in [1.82, 2.24) is 4.98 Å². The van der Waals surface area contributed by atoms with E-state index in [0.717, 1.165) is 6.20 Å². The molecule has 0 bridgehead atoms. The molecule has 0 fully saturated rings. The van der Waals surface area contributed by atoms with Crippen molar-refractivity contribution >= 4 is 0 Å². The number of nitrogens with zero attached hydrogens (tertiary/aromatic N) is 1. The van der Waals surface area contributed by atoms with Gasteiger partial charge in [-0.3, -0.25) is 0 Å². The molecular weight excluding hydrogens is 241 g/mol. The first kappa shape index (κ1) is 13.5. The van der Waals surface area contributed by atoms with Crippen LogP contribution < -0.4 is 15.2 Å². The lowest BCUT2D eigenvalue weighted by Gasteiger charge is -2.15. The normalized spacial score (nSPS) is 11.4. The quantitative estimate of drug-likeness (QED) is 0.833. The number of methoxy groups -OCH3 is 1. The number of aromatic nitrogens is 1. The number of hydrogen-bond donors (Lipinski definition) is 2. The number of rotatable bonds is 4. The zero-order valence-corrected chi connectivity index (χ0v) is 8.91. The molecule has 1 aromatic heterocycles. The fourth-order valence-electron chi connectivity index (χ4n) is 1.30. The molecule has 1 rings (SSSR count). The first-order valence-electron chi connectivity index (χ1n) is 4.54. The van der Waals surface area contributed by atoms with E-state index in [0.29, 0.717) is 5.56 Å². The number of hydrogen-bond acceptors (Lipinski definition) is 5. The number of halogens is 3. The van der Waals surface area contributed by atoms with E-state index in [1.165, 1.54) is 7.11 Å². The molecule has 0 saturated heterocycles. The Labute approximate surface area is 95.0 Å². The van der Waals surface area contributed by atoms with Gasteiger partial charge < -0.3 is 20.3 Å². The highest BCUT2D eigenvalue weighted by Crippen LogP contribution is 2.32. The summed E-state index contributed by atoms with van der Waals surface area (Å²) >= 11 is 0. The van der Waals surface area contributed by atoms with Gasteiger partial charge in [0, 0.05) is 18.3 Å². The highest BCUT2D eigenvalue weighted by Gasteiger charge is 2.33. The third kappa shape index (κ3) is 3.21. The number of aliphatic hydroxyl groups is 1. The van der Waals surface area contributed by atoms with Crippen LogP contribution in [0.25, 0.3) is 0 Å². The minimum Gasteiger partial charge on any atom is -0.496 e. The standard InChI is InChI=1S/C9H11F3N2O3/c1-16-7-5(2-13)3-14-8(6(7)4-15)17-9(10,11)12/h3,15H,2,4,13H2,1H3. The molecule has 0 unspecified atom stereocenters. The van der Waals surface area contributed by atoms with Crippen molar-refractivity contribution in [2.75, 3.05) is 7.11 Å². The third-order valence-electron chi connectivity index (χ3n) is 1.96. The maximum atomic E-state index is 12.1. The van der Waals surface area contributed by atoms with E-state index >= 15 is 0 Å². The van der Waals surface area contributed by atoms with Gasteiger partial charge in [-0.1, -0.05) is 0 Å². The van der Waals surface area contributed by atoms with E-state index in [-0.39, 0.29) is 17.9 Å². The van der Waals surface area contributed by atoms with Gasteiger partial charge in [-0.15, -0.1) is 13.2 Å². The van der Waals surface area contributed by atoms with Crippen LogP contribution in [-0.2, 0) is 13.2 Å². The number of nitrogens with two attached hydrogens (primary N) is 1. The summed E-state index contributed by atoms with van der Waals surface area (Å²) < 4.78 is 44.8. The van der Waals surface area contributed by atoms with E-state index in [1.54, 1.807) is 0 Å². The second-order valence-corrected chi connectivity index (χ2v) is 3.01. The summed E-state index contributed by atoms with van der Waals surface area (Å²) in [4.78, 5) is 3.45. The Bertz CT molecular complexity index is 396. The molecule has 0 aliphatic heterocycles. The maximum Gasteiger partial charge on any atom is 0.574 e. The maximum absolute atomic E-state index is 12.1. The summed E-state index contributed by atoms with van der Waals surface area (Å²) in [5.41, 5.74) is 5.56. The summed E-state index contributed by atoms with van der Waals surface area (Å²) in [5.74, 6) is -0.696. The van der Waals surface area contributed by atoms with E-state index in [2.05, 4.69) is 9.72 Å². The van der Waals surface area contributed by atoms with Crippen LogP contribution in [0.4, 0.5) is 13.2 Å². The monoisotopic (exact) mass is 252 g/mol. The lowest BCUT2D eigenvalue weighted by atomic mass is 10.1. The Hall–Kier alpha value is -1.54. The lowest BCUT2D eigenvalue weighted by Crippen LogP contribution is -2.20. The van der Waals surface area contributed by atoms with Gasteiger partial charge in [0.1, 0.15) is 5.75 Å². The second-order valence-electron chi connectivity index (χ2n) is 3.01. The molecule has 96 valence electrons. The van der Waals surface area contributed by atoms with Crippen molar-refractivity contribution in [1.29, 1.82) is 0 Å². The Morgan fingerprint density at radius 3 is 2.53 bits per heavy atom. The van der Waals surface area contributed by atoms with E-state index < -0.39 is 18.8 Å². The van der Waals surface area contributed by atoms with Gasteiger partial charge in [0.2, 0.25) is 5.88 Å². The van der Waals surface area contributed by atoms with Crippen LogP contribution in [0.15, 0.2) is 6.20 Å². The number of pyridine rings is 1. The zero-order valence-electron chi connectivity index (χ0n) is 8.91. The zero-order chi connectivity index (χ0) is 13.1. The molecule has 0 aliphatic rings. The van der Waals surface area contributed by atoms with Gasteiger partial charge in [0.05, 0.1) is 19.3 Å². The van der Waals surface area contributed by atoms with Crippen LogP contribution >= 0.6 is 0 Å². The molecule has 0 aliphatic carbocycles. The average Bonchev–Trinajstić information content (AvgIpc) is 2.26. The van der Waals surface area contributed by atoms with E-state index in [9.17, 15) is 13.2 Å².